The Kier molecular flexibility index (Phi) is 6.41. The molecule has 0 spiro atoms. The monoisotopic (exact) mass is 330 g/mol. The van der Waals surface area contributed by atoms with Gasteiger partial charge in [-0.15, -0.1) is 0 Å². The van der Waals surface area contributed by atoms with E-state index < -0.39 is 0 Å². The van der Waals surface area contributed by atoms with Gasteiger partial charge in [-0.3, -0.25) is 9.59 Å². The van der Waals surface area contributed by atoms with E-state index >= 15 is 0 Å². The fourth-order valence-electron chi connectivity index (χ4n) is 3.68. The molecule has 1 aliphatic carbocycles. The van der Waals surface area contributed by atoms with Crippen LogP contribution in [0, 0.1) is 26.7 Å². The van der Waals surface area contributed by atoms with Gasteiger partial charge in [0.2, 0.25) is 11.8 Å². The van der Waals surface area contributed by atoms with Crippen molar-refractivity contribution in [3.8, 4) is 0 Å². The highest BCUT2D eigenvalue weighted by molar-refractivity contribution is 5.95. The van der Waals surface area contributed by atoms with Gasteiger partial charge in [-0.25, -0.2) is 0 Å². The SMILES string of the molecule is Cc1cc(C)c(NC(=O)CN(C)C(=O)CCC2CCCC2)c(C)c1. The molecule has 0 unspecified atom stereocenters. The third kappa shape index (κ3) is 5.08. The van der Waals surface area contributed by atoms with Crippen LogP contribution >= 0.6 is 0 Å². The standard InChI is InChI=1S/C20H30N2O2/c1-14-11-15(2)20(16(3)12-14)21-18(23)13-22(4)19(24)10-9-17-7-5-6-8-17/h11-12,17H,5-10,13H2,1-4H3,(H,21,23). The molecule has 2 amide bonds. The van der Waals surface area contributed by atoms with Crippen molar-refractivity contribution in [1.29, 1.82) is 0 Å². The average Bonchev–Trinajstić information content (AvgIpc) is 3.01. The number of amides is 2. The Labute approximate surface area is 145 Å². The molecule has 1 N–H and O–H groups in total. The van der Waals surface area contributed by atoms with Gasteiger partial charge in [0, 0.05) is 19.2 Å². The first kappa shape index (κ1) is 18.5. The Morgan fingerprint density at radius 1 is 1.12 bits per heavy atom. The van der Waals surface area contributed by atoms with Crippen molar-refractivity contribution < 1.29 is 9.59 Å². The van der Waals surface area contributed by atoms with Gasteiger partial charge >= 0.3 is 0 Å². The topological polar surface area (TPSA) is 49.4 Å². The van der Waals surface area contributed by atoms with E-state index in [9.17, 15) is 9.59 Å². The molecule has 2 rings (SSSR count). The van der Waals surface area contributed by atoms with E-state index in [1.807, 2.05) is 20.8 Å². The second kappa shape index (κ2) is 8.32. The molecule has 0 aromatic heterocycles. The van der Waals surface area contributed by atoms with E-state index in [2.05, 4.69) is 17.4 Å². The first-order valence-corrected chi connectivity index (χ1v) is 8.98. The number of hydrogen-bond acceptors (Lipinski definition) is 2. The number of likely N-dealkylation sites (N-methyl/N-ethyl adjacent to an activating group) is 1. The van der Waals surface area contributed by atoms with Gasteiger partial charge in [0.05, 0.1) is 6.54 Å². The van der Waals surface area contributed by atoms with Crippen LogP contribution in [0.5, 0.6) is 0 Å². The van der Waals surface area contributed by atoms with Crippen LogP contribution in [0.15, 0.2) is 12.1 Å². The van der Waals surface area contributed by atoms with E-state index in [0.29, 0.717) is 12.3 Å². The molecule has 0 aliphatic heterocycles. The summed E-state index contributed by atoms with van der Waals surface area (Å²) in [6, 6.07) is 4.11. The maximum absolute atomic E-state index is 12.3. The van der Waals surface area contributed by atoms with Gasteiger partial charge in [0.15, 0.2) is 0 Å². The number of carbonyl (C=O) groups excluding carboxylic acids is 2. The van der Waals surface area contributed by atoms with Crippen molar-refractivity contribution in [2.75, 3.05) is 18.9 Å². The van der Waals surface area contributed by atoms with Crippen LogP contribution in [-0.2, 0) is 9.59 Å². The van der Waals surface area contributed by atoms with Crippen LogP contribution in [0.1, 0.15) is 55.2 Å². The first-order valence-electron chi connectivity index (χ1n) is 8.98. The molecule has 1 fully saturated rings. The summed E-state index contributed by atoms with van der Waals surface area (Å²) < 4.78 is 0. The molecule has 4 nitrogen and oxygen atoms in total. The van der Waals surface area contributed by atoms with Gasteiger partial charge in [-0.05, 0) is 44.2 Å². The summed E-state index contributed by atoms with van der Waals surface area (Å²) in [7, 11) is 1.71. The number of carbonyl (C=O) groups is 2. The Bertz CT molecular complexity index is 581. The van der Waals surface area contributed by atoms with E-state index in [4.69, 9.17) is 0 Å². The Morgan fingerprint density at radius 3 is 2.29 bits per heavy atom. The second-order valence-corrected chi connectivity index (χ2v) is 7.26. The van der Waals surface area contributed by atoms with Gasteiger partial charge < -0.3 is 10.2 Å². The van der Waals surface area contributed by atoms with Crippen LogP contribution in [0.3, 0.4) is 0 Å². The van der Waals surface area contributed by atoms with Crippen LogP contribution in [0.4, 0.5) is 5.69 Å². The maximum Gasteiger partial charge on any atom is 0.243 e. The molecule has 0 atom stereocenters. The fourth-order valence-corrected chi connectivity index (χ4v) is 3.68. The minimum atomic E-state index is -0.137. The molecule has 24 heavy (non-hydrogen) atoms. The molecule has 1 aliphatic rings. The molecule has 132 valence electrons. The third-order valence-corrected chi connectivity index (χ3v) is 4.99. The third-order valence-electron chi connectivity index (χ3n) is 4.99. The van der Waals surface area contributed by atoms with E-state index in [1.54, 1.807) is 11.9 Å². The summed E-state index contributed by atoms with van der Waals surface area (Å²) in [4.78, 5) is 26.0. The van der Waals surface area contributed by atoms with Gasteiger partial charge in [0.25, 0.3) is 0 Å². The lowest BCUT2D eigenvalue weighted by Gasteiger charge is -2.19. The summed E-state index contributed by atoms with van der Waals surface area (Å²) in [5, 5.41) is 2.96. The fraction of sp³-hybridized carbons (Fsp3) is 0.600. The predicted octanol–water partition coefficient (Wildman–Crippen LogP) is 3.98. The van der Waals surface area contributed by atoms with Crippen molar-refractivity contribution >= 4 is 17.5 Å². The van der Waals surface area contributed by atoms with Crippen LogP contribution in [0.25, 0.3) is 0 Å². The molecule has 0 bridgehead atoms. The summed E-state index contributed by atoms with van der Waals surface area (Å²) in [6.45, 7) is 6.14. The maximum atomic E-state index is 12.3. The van der Waals surface area contributed by atoms with Gasteiger partial charge in [-0.2, -0.15) is 0 Å². The van der Waals surface area contributed by atoms with Gasteiger partial charge in [-0.1, -0.05) is 43.4 Å². The number of benzene rings is 1. The highest BCUT2D eigenvalue weighted by atomic mass is 16.2. The molecular weight excluding hydrogens is 300 g/mol. The van der Waals surface area contributed by atoms with Crippen molar-refractivity contribution in [1.82, 2.24) is 4.90 Å². The smallest absolute Gasteiger partial charge is 0.243 e. The molecule has 0 saturated heterocycles. The van der Waals surface area contributed by atoms with E-state index in [1.165, 1.54) is 31.2 Å². The zero-order valence-corrected chi connectivity index (χ0v) is 15.4. The number of nitrogens with one attached hydrogen (secondary N) is 1. The number of nitrogens with zero attached hydrogens (tertiary/aromatic N) is 1. The highest BCUT2D eigenvalue weighted by Crippen LogP contribution is 2.28. The molecule has 1 saturated carbocycles. The predicted molar refractivity (Wildman–Crippen MR) is 98.1 cm³/mol. The molecule has 1 aromatic carbocycles. The molecule has 1 aromatic rings. The normalized spacial score (nSPS) is 14.7. The van der Waals surface area contributed by atoms with Crippen molar-refractivity contribution in [2.45, 2.75) is 59.3 Å². The summed E-state index contributed by atoms with van der Waals surface area (Å²) in [6.07, 6.45) is 6.61. The zero-order valence-electron chi connectivity index (χ0n) is 15.4. The van der Waals surface area contributed by atoms with Crippen molar-refractivity contribution in [3.05, 3.63) is 28.8 Å². The highest BCUT2D eigenvalue weighted by Gasteiger charge is 2.19. The lowest BCUT2D eigenvalue weighted by atomic mass is 10.0. The number of anilines is 1. The average molecular weight is 330 g/mol. The largest absolute Gasteiger partial charge is 0.336 e. The molecular formula is C20H30N2O2. The molecule has 4 heteroatoms. The molecule has 0 radical (unpaired) electrons. The Balaban J connectivity index is 1.83. The lowest BCUT2D eigenvalue weighted by Crippen LogP contribution is -2.35. The quantitative estimate of drug-likeness (QED) is 0.857. The summed E-state index contributed by atoms with van der Waals surface area (Å²) >= 11 is 0. The zero-order chi connectivity index (χ0) is 17.7. The lowest BCUT2D eigenvalue weighted by molar-refractivity contribution is -0.133. The van der Waals surface area contributed by atoms with Gasteiger partial charge in [0.1, 0.15) is 0 Å². The van der Waals surface area contributed by atoms with Crippen LogP contribution in [0.2, 0.25) is 0 Å². The summed E-state index contributed by atoms with van der Waals surface area (Å²) in [5.41, 5.74) is 4.15. The second-order valence-electron chi connectivity index (χ2n) is 7.26. The minimum Gasteiger partial charge on any atom is -0.336 e. The molecule has 0 heterocycles. The Morgan fingerprint density at radius 2 is 1.71 bits per heavy atom. The number of aryl methyl sites for hydroxylation is 3. The Hall–Kier alpha value is -1.84. The van der Waals surface area contributed by atoms with E-state index in [0.717, 1.165) is 23.2 Å². The first-order chi connectivity index (χ1) is 11.4. The van der Waals surface area contributed by atoms with Crippen molar-refractivity contribution in [3.63, 3.8) is 0 Å². The van der Waals surface area contributed by atoms with Crippen LogP contribution < -0.4 is 5.32 Å². The van der Waals surface area contributed by atoms with Crippen LogP contribution in [-0.4, -0.2) is 30.3 Å². The van der Waals surface area contributed by atoms with E-state index in [-0.39, 0.29) is 18.4 Å². The van der Waals surface area contributed by atoms with Crippen molar-refractivity contribution in [2.24, 2.45) is 5.92 Å². The number of rotatable bonds is 6. The number of hydrogen-bond donors (Lipinski definition) is 1. The minimum absolute atomic E-state index is 0.0643. The summed E-state index contributed by atoms with van der Waals surface area (Å²) in [5.74, 6) is 0.630.